The van der Waals surface area contributed by atoms with Crippen LogP contribution >= 0.6 is 11.8 Å². The van der Waals surface area contributed by atoms with Gasteiger partial charge in [-0.15, -0.1) is 0 Å². The van der Waals surface area contributed by atoms with Crippen LogP contribution in [0.1, 0.15) is 13.8 Å². The molecule has 0 N–H and O–H groups in total. The van der Waals surface area contributed by atoms with E-state index >= 15 is 0 Å². The molecule has 130 valence electrons. The first-order valence-electron chi connectivity index (χ1n) is 7.66. The Labute approximate surface area is 147 Å². The zero-order chi connectivity index (χ0) is 17.9. The monoisotopic (exact) mass is 349 g/mol. The Kier molecular flexibility index (Phi) is 8.71. The molecule has 5 nitrogen and oxygen atoms in total. The number of likely N-dealkylation sites (N-methyl/N-ethyl adjacent to an activating group) is 1. The minimum absolute atomic E-state index is 0.285. The molecule has 0 aliphatic rings. The van der Waals surface area contributed by atoms with Gasteiger partial charge in [-0.2, -0.15) is 0 Å². The van der Waals surface area contributed by atoms with Crippen molar-refractivity contribution in [1.82, 2.24) is 4.90 Å². The molecule has 0 aliphatic heterocycles. The van der Waals surface area contributed by atoms with E-state index in [-0.39, 0.29) is 13.2 Å². The van der Waals surface area contributed by atoms with Gasteiger partial charge in [0.25, 0.3) is 0 Å². The van der Waals surface area contributed by atoms with Gasteiger partial charge in [0.1, 0.15) is 5.70 Å². The molecule has 0 bridgehead atoms. The Morgan fingerprint density at radius 2 is 1.58 bits per heavy atom. The van der Waals surface area contributed by atoms with E-state index < -0.39 is 11.9 Å². The number of allylic oxidation sites excluding steroid dienone is 2. The predicted molar refractivity (Wildman–Crippen MR) is 95.4 cm³/mol. The second kappa shape index (κ2) is 10.5. The molecule has 1 aromatic rings. The summed E-state index contributed by atoms with van der Waals surface area (Å²) >= 11 is 1.29. The van der Waals surface area contributed by atoms with Gasteiger partial charge >= 0.3 is 11.9 Å². The molecule has 0 atom stereocenters. The van der Waals surface area contributed by atoms with E-state index in [2.05, 4.69) is 0 Å². The number of carbonyl (C=O) groups is 2. The van der Waals surface area contributed by atoms with E-state index in [0.717, 1.165) is 4.90 Å². The highest BCUT2D eigenvalue weighted by molar-refractivity contribution is 8.04. The lowest BCUT2D eigenvalue weighted by atomic mass is 10.3. The van der Waals surface area contributed by atoms with Crippen molar-refractivity contribution < 1.29 is 19.1 Å². The summed E-state index contributed by atoms with van der Waals surface area (Å²) in [6.07, 6.45) is 3.15. The van der Waals surface area contributed by atoms with Gasteiger partial charge in [-0.1, -0.05) is 30.0 Å². The first-order valence-corrected chi connectivity index (χ1v) is 8.47. The van der Waals surface area contributed by atoms with Crippen molar-refractivity contribution in [2.24, 2.45) is 0 Å². The van der Waals surface area contributed by atoms with Gasteiger partial charge in [0.2, 0.25) is 0 Å². The number of hydrogen-bond donors (Lipinski definition) is 0. The number of carbonyl (C=O) groups excluding carboxylic acids is 2. The molecule has 0 fully saturated rings. The third-order valence-corrected chi connectivity index (χ3v) is 3.84. The minimum atomic E-state index is -0.438. The van der Waals surface area contributed by atoms with Crippen molar-refractivity contribution in [1.29, 1.82) is 0 Å². The molecular formula is C18H23NO4S. The summed E-state index contributed by atoms with van der Waals surface area (Å²) in [5, 5.41) is 0. The maximum absolute atomic E-state index is 12.2. The van der Waals surface area contributed by atoms with Crippen LogP contribution in [-0.4, -0.2) is 44.1 Å². The summed E-state index contributed by atoms with van der Waals surface area (Å²) in [4.78, 5) is 27.1. The van der Waals surface area contributed by atoms with Crippen molar-refractivity contribution in [2.75, 3.05) is 27.3 Å². The number of hydrogen-bond acceptors (Lipinski definition) is 6. The molecular weight excluding hydrogens is 326 g/mol. The fraction of sp³-hybridized carbons (Fsp3) is 0.333. The van der Waals surface area contributed by atoms with Crippen LogP contribution in [0.3, 0.4) is 0 Å². The maximum Gasteiger partial charge on any atom is 0.354 e. The molecule has 0 saturated heterocycles. The average Bonchev–Trinajstić information content (AvgIpc) is 2.55. The van der Waals surface area contributed by atoms with Crippen molar-refractivity contribution in [3.05, 3.63) is 53.1 Å². The van der Waals surface area contributed by atoms with Gasteiger partial charge in [0, 0.05) is 19.0 Å². The zero-order valence-electron chi connectivity index (χ0n) is 14.4. The minimum Gasteiger partial charge on any atom is -0.462 e. The van der Waals surface area contributed by atoms with Gasteiger partial charge < -0.3 is 14.4 Å². The fourth-order valence-corrected chi connectivity index (χ4v) is 2.55. The van der Waals surface area contributed by atoms with Gasteiger partial charge in [0.05, 0.1) is 18.1 Å². The highest BCUT2D eigenvalue weighted by atomic mass is 32.2. The second-order valence-electron chi connectivity index (χ2n) is 4.83. The lowest BCUT2D eigenvalue weighted by molar-refractivity contribution is -0.140. The standard InChI is InChI=1S/C18H23NO4S/c1-5-22-17(20)15(19(3)4)12-13-16(18(21)23-6-2)24-14-10-8-7-9-11-14/h7-13H,5-6H2,1-4H3/b15-12-,16-13-. The zero-order valence-corrected chi connectivity index (χ0v) is 15.3. The van der Waals surface area contributed by atoms with Crippen LogP contribution in [-0.2, 0) is 19.1 Å². The summed E-state index contributed by atoms with van der Waals surface area (Å²) in [5.74, 6) is -0.865. The van der Waals surface area contributed by atoms with Gasteiger partial charge in [0.15, 0.2) is 0 Å². The molecule has 0 radical (unpaired) electrons. The highest BCUT2D eigenvalue weighted by Crippen LogP contribution is 2.27. The Morgan fingerprint density at radius 1 is 1.00 bits per heavy atom. The predicted octanol–water partition coefficient (Wildman–Crippen LogP) is 3.23. The Hall–Kier alpha value is -2.21. The summed E-state index contributed by atoms with van der Waals surface area (Å²) in [7, 11) is 3.48. The summed E-state index contributed by atoms with van der Waals surface area (Å²) in [6.45, 7) is 4.07. The molecule has 0 aliphatic carbocycles. The van der Waals surface area contributed by atoms with Crippen LogP contribution in [0.4, 0.5) is 0 Å². The maximum atomic E-state index is 12.2. The number of benzene rings is 1. The highest BCUT2D eigenvalue weighted by Gasteiger charge is 2.15. The normalized spacial score (nSPS) is 11.8. The van der Waals surface area contributed by atoms with E-state index in [1.165, 1.54) is 11.8 Å². The fourth-order valence-electron chi connectivity index (χ4n) is 1.72. The smallest absolute Gasteiger partial charge is 0.354 e. The molecule has 0 saturated carbocycles. The van der Waals surface area contributed by atoms with Crippen LogP contribution in [0.5, 0.6) is 0 Å². The molecule has 6 heteroatoms. The Balaban J connectivity index is 3.11. The number of esters is 2. The van der Waals surface area contributed by atoms with E-state index in [4.69, 9.17) is 9.47 Å². The van der Waals surface area contributed by atoms with Crippen LogP contribution in [0, 0.1) is 0 Å². The second-order valence-corrected chi connectivity index (χ2v) is 5.95. The van der Waals surface area contributed by atoms with Crippen molar-refractivity contribution in [3.8, 4) is 0 Å². The molecule has 0 heterocycles. The Morgan fingerprint density at radius 3 is 2.12 bits per heavy atom. The summed E-state index contributed by atoms with van der Waals surface area (Å²) < 4.78 is 10.1. The van der Waals surface area contributed by atoms with Crippen molar-refractivity contribution >= 4 is 23.7 Å². The lowest BCUT2D eigenvalue weighted by Crippen LogP contribution is -2.21. The SMILES string of the molecule is CCOC(=O)/C(=C/C=C(/C(=O)OCC)N(C)C)Sc1ccccc1. The molecule has 0 unspecified atom stereocenters. The van der Waals surface area contributed by atoms with Crippen molar-refractivity contribution in [3.63, 3.8) is 0 Å². The van der Waals surface area contributed by atoms with Crippen LogP contribution < -0.4 is 0 Å². The van der Waals surface area contributed by atoms with Gasteiger partial charge in [-0.3, -0.25) is 0 Å². The van der Waals surface area contributed by atoms with E-state index in [1.807, 2.05) is 30.3 Å². The molecule has 0 spiro atoms. The van der Waals surface area contributed by atoms with Crippen LogP contribution in [0.15, 0.2) is 58.0 Å². The summed E-state index contributed by atoms with van der Waals surface area (Å²) in [6, 6.07) is 9.50. The third-order valence-electron chi connectivity index (χ3n) is 2.81. The van der Waals surface area contributed by atoms with Crippen molar-refractivity contribution in [2.45, 2.75) is 18.7 Å². The van der Waals surface area contributed by atoms with E-state index in [9.17, 15) is 9.59 Å². The van der Waals surface area contributed by atoms with Crippen LogP contribution in [0.25, 0.3) is 0 Å². The molecule has 1 aromatic carbocycles. The summed E-state index contributed by atoms with van der Waals surface area (Å²) in [5.41, 5.74) is 0.354. The molecule has 0 aromatic heterocycles. The first-order chi connectivity index (χ1) is 11.5. The topological polar surface area (TPSA) is 55.8 Å². The van der Waals surface area contributed by atoms with Gasteiger partial charge in [-0.05, 0) is 38.1 Å². The number of nitrogens with zero attached hydrogens (tertiary/aromatic N) is 1. The number of thioether (sulfide) groups is 1. The van der Waals surface area contributed by atoms with E-state index in [0.29, 0.717) is 10.6 Å². The van der Waals surface area contributed by atoms with E-state index in [1.54, 1.807) is 45.0 Å². The largest absolute Gasteiger partial charge is 0.462 e. The average molecular weight is 349 g/mol. The van der Waals surface area contributed by atoms with Gasteiger partial charge in [-0.25, -0.2) is 9.59 Å². The molecule has 24 heavy (non-hydrogen) atoms. The van der Waals surface area contributed by atoms with Crippen LogP contribution in [0.2, 0.25) is 0 Å². The third kappa shape index (κ3) is 6.50. The number of rotatable bonds is 8. The molecule has 1 rings (SSSR count). The quantitative estimate of drug-likeness (QED) is 0.311. The first kappa shape index (κ1) is 19.8. The lowest BCUT2D eigenvalue weighted by Gasteiger charge is -2.15. The Bertz CT molecular complexity index is 609. The number of ether oxygens (including phenoxy) is 2. The molecule has 0 amide bonds.